The van der Waals surface area contributed by atoms with Gasteiger partial charge in [-0.25, -0.2) is 4.79 Å². The van der Waals surface area contributed by atoms with Crippen LogP contribution in [0.3, 0.4) is 0 Å². The van der Waals surface area contributed by atoms with Crippen LogP contribution in [0.2, 0.25) is 5.02 Å². The molecule has 0 bridgehead atoms. The van der Waals surface area contributed by atoms with E-state index in [-0.39, 0.29) is 5.56 Å². The number of carboxylic acids is 1. The Bertz CT molecular complexity index is 610. The van der Waals surface area contributed by atoms with Gasteiger partial charge in [-0.1, -0.05) is 11.6 Å². The first-order valence-electron chi connectivity index (χ1n) is 5.22. The van der Waals surface area contributed by atoms with Crippen LogP contribution in [0.15, 0.2) is 18.2 Å². The average molecular weight is 283 g/mol. The van der Waals surface area contributed by atoms with Crippen molar-refractivity contribution in [2.45, 2.75) is 13.8 Å². The molecule has 1 aromatic carbocycles. The summed E-state index contributed by atoms with van der Waals surface area (Å²) in [6.45, 7) is 3.59. The molecule has 0 unspecified atom stereocenters. The molecule has 6 heteroatoms. The van der Waals surface area contributed by atoms with Crippen LogP contribution in [0.1, 0.15) is 21.6 Å². The normalized spacial score (nSPS) is 10.4. The van der Waals surface area contributed by atoms with Crippen molar-refractivity contribution in [3.63, 3.8) is 0 Å². The lowest BCUT2D eigenvalue weighted by Gasteiger charge is -2.08. The van der Waals surface area contributed by atoms with Gasteiger partial charge in [0.15, 0.2) is 0 Å². The van der Waals surface area contributed by atoms with Crippen LogP contribution in [0, 0.1) is 13.8 Å². The van der Waals surface area contributed by atoms with Gasteiger partial charge < -0.3 is 10.4 Å². The van der Waals surface area contributed by atoms with Crippen LogP contribution < -0.4 is 5.32 Å². The predicted octanol–water partition coefficient (Wildman–Crippen LogP) is 3.86. The van der Waals surface area contributed by atoms with Crippen molar-refractivity contribution in [3.05, 3.63) is 40.0 Å². The molecule has 2 rings (SSSR count). The molecule has 0 atom stereocenters. The molecule has 2 N–H and O–H groups in total. The monoisotopic (exact) mass is 282 g/mol. The van der Waals surface area contributed by atoms with Gasteiger partial charge in [-0.3, -0.25) is 0 Å². The summed E-state index contributed by atoms with van der Waals surface area (Å²) in [6, 6.07) is 5.39. The fraction of sp³-hybridized carbons (Fsp3) is 0.167. The first-order chi connectivity index (χ1) is 8.49. The van der Waals surface area contributed by atoms with E-state index in [1.165, 1.54) is 0 Å². The van der Waals surface area contributed by atoms with Crippen LogP contribution in [0.4, 0.5) is 10.7 Å². The molecule has 1 heterocycles. The van der Waals surface area contributed by atoms with Crippen molar-refractivity contribution in [1.82, 2.24) is 4.37 Å². The third kappa shape index (κ3) is 2.47. The summed E-state index contributed by atoms with van der Waals surface area (Å²) in [5, 5.41) is 13.4. The number of nitrogens with zero attached hydrogens (tertiary/aromatic N) is 1. The minimum Gasteiger partial charge on any atom is -0.478 e. The SMILES string of the molecule is Cc1cc(Cl)ccc1Nc1snc(C)c1C(=O)O. The Balaban J connectivity index is 2.37. The van der Waals surface area contributed by atoms with E-state index in [4.69, 9.17) is 16.7 Å². The van der Waals surface area contributed by atoms with E-state index in [1.54, 1.807) is 13.0 Å². The number of halogens is 1. The number of carboxylic acid groups (broad SMARTS) is 1. The Morgan fingerprint density at radius 1 is 1.44 bits per heavy atom. The summed E-state index contributed by atoms with van der Waals surface area (Å²) in [4.78, 5) is 11.1. The molecule has 0 saturated heterocycles. The van der Waals surface area contributed by atoms with Gasteiger partial charge in [-0.2, -0.15) is 4.37 Å². The third-order valence-electron chi connectivity index (χ3n) is 2.51. The van der Waals surface area contributed by atoms with Gasteiger partial charge >= 0.3 is 5.97 Å². The van der Waals surface area contributed by atoms with E-state index in [1.807, 2.05) is 19.1 Å². The van der Waals surface area contributed by atoms with E-state index in [0.717, 1.165) is 22.8 Å². The van der Waals surface area contributed by atoms with E-state index in [2.05, 4.69) is 9.69 Å². The highest BCUT2D eigenvalue weighted by Crippen LogP contribution is 2.30. The lowest BCUT2D eigenvalue weighted by atomic mass is 10.2. The van der Waals surface area contributed by atoms with E-state index >= 15 is 0 Å². The maximum absolute atomic E-state index is 11.1. The summed E-state index contributed by atoms with van der Waals surface area (Å²) in [5.41, 5.74) is 2.51. The predicted molar refractivity (Wildman–Crippen MR) is 73.3 cm³/mol. The molecule has 18 heavy (non-hydrogen) atoms. The molecule has 0 amide bonds. The zero-order valence-electron chi connectivity index (χ0n) is 9.82. The van der Waals surface area contributed by atoms with Crippen LogP contribution in [-0.4, -0.2) is 15.4 Å². The molecule has 0 aliphatic carbocycles. The van der Waals surface area contributed by atoms with Crippen molar-refractivity contribution in [2.75, 3.05) is 5.32 Å². The largest absolute Gasteiger partial charge is 0.478 e. The third-order valence-corrected chi connectivity index (χ3v) is 3.60. The van der Waals surface area contributed by atoms with Gasteiger partial charge in [0.2, 0.25) is 0 Å². The summed E-state index contributed by atoms with van der Waals surface area (Å²) in [5.74, 6) is -0.977. The maximum Gasteiger partial charge on any atom is 0.340 e. The fourth-order valence-electron chi connectivity index (χ4n) is 1.60. The van der Waals surface area contributed by atoms with Crippen LogP contribution in [-0.2, 0) is 0 Å². The second kappa shape index (κ2) is 4.96. The summed E-state index contributed by atoms with van der Waals surface area (Å²) >= 11 is 7.01. The van der Waals surface area contributed by atoms with Crippen molar-refractivity contribution in [1.29, 1.82) is 0 Å². The minimum atomic E-state index is -0.977. The highest BCUT2D eigenvalue weighted by molar-refractivity contribution is 7.10. The highest BCUT2D eigenvalue weighted by atomic mass is 35.5. The van der Waals surface area contributed by atoms with Gasteiger partial charge in [0.05, 0.1) is 5.69 Å². The van der Waals surface area contributed by atoms with Crippen molar-refractivity contribution in [2.24, 2.45) is 0 Å². The second-order valence-electron chi connectivity index (χ2n) is 3.86. The molecule has 0 spiro atoms. The molecular formula is C12H11ClN2O2S. The number of aromatic carboxylic acids is 1. The molecule has 0 aliphatic heterocycles. The van der Waals surface area contributed by atoms with Gasteiger partial charge in [-0.05, 0) is 49.1 Å². The van der Waals surface area contributed by atoms with Crippen molar-refractivity contribution >= 4 is 39.8 Å². The van der Waals surface area contributed by atoms with Crippen LogP contribution >= 0.6 is 23.1 Å². The Hall–Kier alpha value is -1.59. The topological polar surface area (TPSA) is 62.2 Å². The Morgan fingerprint density at radius 2 is 2.17 bits per heavy atom. The van der Waals surface area contributed by atoms with Crippen LogP contribution in [0.25, 0.3) is 0 Å². The number of benzene rings is 1. The quantitative estimate of drug-likeness (QED) is 0.897. The maximum atomic E-state index is 11.1. The first-order valence-corrected chi connectivity index (χ1v) is 6.37. The number of anilines is 2. The van der Waals surface area contributed by atoms with Crippen molar-refractivity contribution < 1.29 is 9.90 Å². The Labute approximate surface area is 113 Å². The van der Waals surface area contributed by atoms with Gasteiger partial charge in [-0.15, -0.1) is 0 Å². The molecule has 4 nitrogen and oxygen atoms in total. The Kier molecular flexibility index (Phi) is 3.54. The van der Waals surface area contributed by atoms with E-state index < -0.39 is 5.97 Å². The van der Waals surface area contributed by atoms with Gasteiger partial charge in [0.25, 0.3) is 0 Å². The van der Waals surface area contributed by atoms with Gasteiger partial charge in [0, 0.05) is 10.7 Å². The summed E-state index contributed by atoms with van der Waals surface area (Å²) < 4.78 is 4.05. The minimum absolute atomic E-state index is 0.217. The number of hydrogen-bond donors (Lipinski definition) is 2. The molecule has 0 saturated carbocycles. The molecule has 0 radical (unpaired) electrons. The molecule has 1 aromatic heterocycles. The molecular weight excluding hydrogens is 272 g/mol. The number of nitrogens with one attached hydrogen (secondary N) is 1. The van der Waals surface area contributed by atoms with Gasteiger partial charge in [0.1, 0.15) is 10.6 Å². The zero-order valence-corrected chi connectivity index (χ0v) is 11.4. The number of aromatic nitrogens is 1. The van der Waals surface area contributed by atoms with Crippen molar-refractivity contribution in [3.8, 4) is 0 Å². The number of rotatable bonds is 3. The molecule has 2 aromatic rings. The molecule has 94 valence electrons. The van der Waals surface area contributed by atoms with E-state index in [9.17, 15) is 4.79 Å². The highest BCUT2D eigenvalue weighted by Gasteiger charge is 2.17. The Morgan fingerprint density at radius 3 is 2.78 bits per heavy atom. The second-order valence-corrected chi connectivity index (χ2v) is 5.07. The zero-order chi connectivity index (χ0) is 13.3. The standard InChI is InChI=1S/C12H11ClN2O2S/c1-6-5-8(13)3-4-9(6)14-11-10(12(16)17)7(2)15-18-11/h3-5,14H,1-2H3,(H,16,17). The molecule has 0 fully saturated rings. The number of hydrogen-bond acceptors (Lipinski definition) is 4. The first kappa shape index (κ1) is 12.9. The lowest BCUT2D eigenvalue weighted by Crippen LogP contribution is -2.02. The van der Waals surface area contributed by atoms with Crippen LogP contribution in [0.5, 0.6) is 0 Å². The molecule has 0 aliphatic rings. The number of carbonyl (C=O) groups is 1. The average Bonchev–Trinajstić information content (AvgIpc) is 2.64. The van der Waals surface area contributed by atoms with E-state index in [0.29, 0.717) is 15.7 Å². The number of aryl methyl sites for hydroxylation is 2. The fourth-order valence-corrected chi connectivity index (χ4v) is 2.62. The summed E-state index contributed by atoms with van der Waals surface area (Å²) in [6.07, 6.45) is 0. The summed E-state index contributed by atoms with van der Waals surface area (Å²) in [7, 11) is 0. The smallest absolute Gasteiger partial charge is 0.340 e. The lowest BCUT2D eigenvalue weighted by molar-refractivity contribution is 0.0697.